The molecule has 58 valence electrons. The summed E-state index contributed by atoms with van der Waals surface area (Å²) >= 11 is 0. The van der Waals surface area contributed by atoms with Gasteiger partial charge in [-0.15, -0.1) is 5.92 Å². The lowest BCUT2D eigenvalue weighted by molar-refractivity contribution is -0.127. The van der Waals surface area contributed by atoms with E-state index < -0.39 is 0 Å². The normalized spacial score (nSPS) is 16.6. The van der Waals surface area contributed by atoms with Gasteiger partial charge in [0.1, 0.15) is 0 Å². The Bertz CT molecular complexity index is 247. The number of hydrogen-bond donors (Lipinski definition) is 0. The summed E-state index contributed by atoms with van der Waals surface area (Å²) in [7, 11) is 0. The lowest BCUT2D eigenvalue weighted by Gasteiger charge is -2.08. The summed E-state index contributed by atoms with van der Waals surface area (Å²) in [6.07, 6.45) is 0.0609. The van der Waals surface area contributed by atoms with Crippen LogP contribution in [0.15, 0.2) is 0 Å². The highest BCUT2D eigenvalue weighted by Crippen LogP contribution is 2.04. The molecule has 0 bridgehead atoms. The van der Waals surface area contributed by atoms with Gasteiger partial charge in [0, 0.05) is 0 Å². The molecule has 1 saturated heterocycles. The van der Waals surface area contributed by atoms with Crippen LogP contribution in [0.25, 0.3) is 0 Å². The highest BCUT2D eigenvalue weighted by atomic mass is 16.2. The Labute approximate surface area is 65.4 Å². The van der Waals surface area contributed by atoms with Gasteiger partial charge in [0.15, 0.2) is 5.78 Å². The zero-order valence-electron chi connectivity index (χ0n) is 6.39. The molecular weight excluding hydrogens is 142 g/mol. The number of Topliss-reactive ketones (excluding diaryl/α,β-unsaturated/α-hetero) is 1. The molecule has 3 heteroatoms. The van der Waals surface area contributed by atoms with Gasteiger partial charge in [-0.2, -0.15) is 0 Å². The van der Waals surface area contributed by atoms with Crippen LogP contribution in [0.3, 0.4) is 0 Å². The third-order valence-electron chi connectivity index (χ3n) is 1.52. The van der Waals surface area contributed by atoms with Gasteiger partial charge in [0.25, 0.3) is 0 Å². The maximum Gasteiger partial charge on any atom is 0.231 e. The fraction of sp³-hybridized carbons (Fsp3) is 0.500. The van der Waals surface area contributed by atoms with E-state index in [1.807, 2.05) is 0 Å². The average Bonchev–Trinajstić information content (AvgIpc) is 2.26. The molecule has 0 radical (unpaired) electrons. The van der Waals surface area contributed by atoms with E-state index in [0.29, 0.717) is 6.54 Å². The predicted octanol–water partition coefficient (Wildman–Crippen LogP) is -0.189. The molecule has 0 saturated carbocycles. The molecule has 1 heterocycles. The number of hydrogen-bond acceptors (Lipinski definition) is 2. The van der Waals surface area contributed by atoms with E-state index in [2.05, 4.69) is 11.8 Å². The highest BCUT2D eigenvalue weighted by Gasteiger charge is 2.25. The van der Waals surface area contributed by atoms with Crippen LogP contribution >= 0.6 is 0 Å². The average molecular weight is 151 g/mol. The van der Waals surface area contributed by atoms with Crippen molar-refractivity contribution in [3.63, 3.8) is 0 Å². The van der Waals surface area contributed by atoms with Gasteiger partial charge in [-0.05, 0) is 6.92 Å². The summed E-state index contributed by atoms with van der Waals surface area (Å²) in [5.41, 5.74) is 0. The second-order valence-corrected chi connectivity index (χ2v) is 2.39. The summed E-state index contributed by atoms with van der Waals surface area (Å²) in [6, 6.07) is 0. The third kappa shape index (κ3) is 1.81. The summed E-state index contributed by atoms with van der Waals surface area (Å²) in [6.45, 7) is 2.34. The molecule has 1 rings (SSSR count). The Morgan fingerprint density at radius 1 is 1.55 bits per heavy atom. The zero-order valence-corrected chi connectivity index (χ0v) is 6.39. The molecule has 11 heavy (non-hydrogen) atoms. The fourth-order valence-electron chi connectivity index (χ4n) is 0.956. The van der Waals surface area contributed by atoms with E-state index in [1.165, 1.54) is 4.90 Å². The zero-order chi connectivity index (χ0) is 8.27. The molecule has 0 N–H and O–H groups in total. The number of carbonyl (C=O) groups is 2. The first-order chi connectivity index (χ1) is 5.24. The minimum Gasteiger partial charge on any atom is -0.324 e. The standard InChI is InChI=1S/C8H9NO2/c1-2-3-4-9-6-7(10)5-8(9)11/h4-6H2,1H3. The Hall–Kier alpha value is -1.30. The van der Waals surface area contributed by atoms with E-state index in [-0.39, 0.29) is 24.7 Å². The van der Waals surface area contributed by atoms with Crippen LogP contribution < -0.4 is 0 Å². The molecule has 1 amide bonds. The van der Waals surface area contributed by atoms with Crippen LogP contribution in [-0.2, 0) is 9.59 Å². The van der Waals surface area contributed by atoms with Gasteiger partial charge in [0.05, 0.1) is 19.5 Å². The number of carbonyl (C=O) groups excluding carboxylic acids is 2. The number of ketones is 1. The van der Waals surface area contributed by atoms with Gasteiger partial charge in [-0.3, -0.25) is 9.59 Å². The van der Waals surface area contributed by atoms with Crippen molar-refractivity contribution in [1.29, 1.82) is 0 Å². The van der Waals surface area contributed by atoms with Crippen LogP contribution in [0.1, 0.15) is 13.3 Å². The molecule has 0 spiro atoms. The molecule has 1 fully saturated rings. The van der Waals surface area contributed by atoms with Crippen LogP contribution in [-0.4, -0.2) is 29.7 Å². The number of nitrogens with zero attached hydrogens (tertiary/aromatic N) is 1. The maximum absolute atomic E-state index is 10.9. The molecule has 0 aromatic rings. The second-order valence-electron chi connectivity index (χ2n) is 2.39. The van der Waals surface area contributed by atoms with E-state index in [9.17, 15) is 9.59 Å². The minimum atomic E-state index is -0.0993. The minimum absolute atomic E-state index is 0.00657. The molecule has 3 nitrogen and oxygen atoms in total. The third-order valence-corrected chi connectivity index (χ3v) is 1.52. The molecule has 1 aliphatic rings. The molecule has 0 aromatic heterocycles. The molecule has 0 aromatic carbocycles. The SMILES string of the molecule is CC#CCN1CC(=O)CC1=O. The Balaban J connectivity index is 2.51. The van der Waals surface area contributed by atoms with Gasteiger partial charge < -0.3 is 4.90 Å². The lowest BCUT2D eigenvalue weighted by atomic mass is 10.3. The van der Waals surface area contributed by atoms with E-state index in [0.717, 1.165) is 0 Å². The Morgan fingerprint density at radius 3 is 2.73 bits per heavy atom. The van der Waals surface area contributed by atoms with E-state index in [1.54, 1.807) is 6.92 Å². The molecule has 0 aliphatic carbocycles. The second kappa shape index (κ2) is 3.20. The maximum atomic E-state index is 10.9. The summed E-state index contributed by atoms with van der Waals surface area (Å²) in [5.74, 6) is 5.31. The fourth-order valence-corrected chi connectivity index (χ4v) is 0.956. The predicted molar refractivity (Wildman–Crippen MR) is 39.7 cm³/mol. The Morgan fingerprint density at radius 2 is 2.27 bits per heavy atom. The largest absolute Gasteiger partial charge is 0.324 e. The van der Waals surface area contributed by atoms with Crippen molar-refractivity contribution in [1.82, 2.24) is 4.90 Å². The van der Waals surface area contributed by atoms with Crippen molar-refractivity contribution in [2.75, 3.05) is 13.1 Å². The molecule has 0 unspecified atom stereocenters. The highest BCUT2D eigenvalue weighted by molar-refractivity contribution is 6.05. The quantitative estimate of drug-likeness (QED) is 0.385. The van der Waals surface area contributed by atoms with Gasteiger partial charge in [-0.1, -0.05) is 5.92 Å². The van der Waals surface area contributed by atoms with Crippen molar-refractivity contribution in [2.45, 2.75) is 13.3 Å². The smallest absolute Gasteiger partial charge is 0.231 e. The van der Waals surface area contributed by atoms with Gasteiger partial charge >= 0.3 is 0 Å². The molecule has 0 atom stereocenters. The topological polar surface area (TPSA) is 37.4 Å². The van der Waals surface area contributed by atoms with Gasteiger partial charge in [-0.25, -0.2) is 0 Å². The monoisotopic (exact) mass is 151 g/mol. The summed E-state index contributed by atoms with van der Waals surface area (Å²) < 4.78 is 0. The molecular formula is C8H9NO2. The lowest BCUT2D eigenvalue weighted by Crippen LogP contribution is -2.25. The number of likely N-dealkylation sites (tertiary alicyclic amines) is 1. The summed E-state index contributed by atoms with van der Waals surface area (Å²) in [5, 5.41) is 0. The van der Waals surface area contributed by atoms with Crippen molar-refractivity contribution in [3.05, 3.63) is 0 Å². The van der Waals surface area contributed by atoms with Crippen LogP contribution in [0.5, 0.6) is 0 Å². The van der Waals surface area contributed by atoms with Crippen LogP contribution in [0.2, 0.25) is 0 Å². The van der Waals surface area contributed by atoms with Gasteiger partial charge in [0.2, 0.25) is 5.91 Å². The van der Waals surface area contributed by atoms with E-state index in [4.69, 9.17) is 0 Å². The first-order valence-corrected chi connectivity index (χ1v) is 3.43. The van der Waals surface area contributed by atoms with Crippen molar-refractivity contribution >= 4 is 11.7 Å². The van der Waals surface area contributed by atoms with Crippen molar-refractivity contribution in [2.24, 2.45) is 0 Å². The summed E-state index contributed by atoms with van der Waals surface area (Å²) in [4.78, 5) is 23.1. The first-order valence-electron chi connectivity index (χ1n) is 3.43. The van der Waals surface area contributed by atoms with Crippen molar-refractivity contribution in [3.8, 4) is 11.8 Å². The molecule has 1 aliphatic heterocycles. The van der Waals surface area contributed by atoms with E-state index >= 15 is 0 Å². The van der Waals surface area contributed by atoms with Crippen LogP contribution in [0.4, 0.5) is 0 Å². The van der Waals surface area contributed by atoms with Crippen LogP contribution in [0, 0.1) is 11.8 Å². The number of rotatable bonds is 1. The van der Waals surface area contributed by atoms with Crippen molar-refractivity contribution < 1.29 is 9.59 Å². The Kier molecular flexibility index (Phi) is 2.27. The number of amides is 1. The first kappa shape index (κ1) is 7.80.